The van der Waals surface area contributed by atoms with Crippen molar-refractivity contribution in [3.8, 4) is 11.3 Å². The second-order valence-electron chi connectivity index (χ2n) is 9.02. The Labute approximate surface area is 209 Å². The molecule has 0 amide bonds. The number of rotatable bonds is 4. The summed E-state index contributed by atoms with van der Waals surface area (Å²) in [6.45, 7) is 7.58. The van der Waals surface area contributed by atoms with Crippen molar-refractivity contribution in [2.24, 2.45) is 0 Å². The molecule has 0 N–H and O–H groups in total. The molecule has 3 aromatic rings. The average molecular weight is 501 g/mol. The van der Waals surface area contributed by atoms with Gasteiger partial charge in [0.15, 0.2) is 0 Å². The van der Waals surface area contributed by atoms with Gasteiger partial charge in [-0.1, -0.05) is 29.3 Å². The van der Waals surface area contributed by atoms with E-state index >= 15 is 0 Å². The van der Waals surface area contributed by atoms with Gasteiger partial charge in [0.2, 0.25) is 5.95 Å². The quantitative estimate of drug-likeness (QED) is 0.458. The van der Waals surface area contributed by atoms with Gasteiger partial charge in [0.05, 0.1) is 15.7 Å². The van der Waals surface area contributed by atoms with Gasteiger partial charge in [0.1, 0.15) is 17.5 Å². The molecule has 2 aromatic heterocycles. The van der Waals surface area contributed by atoms with Crippen LogP contribution in [0.4, 0.5) is 22.0 Å². The summed E-state index contributed by atoms with van der Waals surface area (Å²) in [6, 6.07) is 11.0. The summed E-state index contributed by atoms with van der Waals surface area (Å²) in [5.74, 6) is 1.89. The minimum Gasteiger partial charge on any atom is -0.352 e. The van der Waals surface area contributed by atoms with Gasteiger partial charge in [-0.2, -0.15) is 4.98 Å². The minimum atomic E-state index is -0.454. The Kier molecular flexibility index (Phi) is 6.49. The molecule has 2 unspecified atom stereocenters. The van der Waals surface area contributed by atoms with Crippen LogP contribution in [-0.2, 0) is 0 Å². The molecule has 6 nitrogen and oxygen atoms in total. The SMILES string of the molecule is CC1CN(c2ncccc2Cl)CCN1c1cc(-c2ccc(Cl)c(F)c2)nc(N2CCCC2C)n1. The molecule has 34 heavy (non-hydrogen) atoms. The highest BCUT2D eigenvalue weighted by molar-refractivity contribution is 6.33. The van der Waals surface area contributed by atoms with Crippen LogP contribution in [0.15, 0.2) is 42.6 Å². The van der Waals surface area contributed by atoms with Crippen LogP contribution in [-0.4, -0.2) is 53.2 Å². The number of hydrogen-bond donors (Lipinski definition) is 0. The summed E-state index contributed by atoms with van der Waals surface area (Å²) < 4.78 is 14.3. The second kappa shape index (κ2) is 9.55. The molecule has 2 aliphatic heterocycles. The summed E-state index contributed by atoms with van der Waals surface area (Å²) in [6.07, 6.45) is 3.99. The van der Waals surface area contributed by atoms with E-state index in [0.29, 0.717) is 28.3 Å². The molecule has 0 radical (unpaired) electrons. The third-order valence-corrected chi connectivity index (χ3v) is 7.29. The molecule has 1 aromatic carbocycles. The van der Waals surface area contributed by atoms with E-state index in [1.165, 1.54) is 6.07 Å². The maximum Gasteiger partial charge on any atom is 0.228 e. The van der Waals surface area contributed by atoms with Crippen LogP contribution in [0.5, 0.6) is 0 Å². The molecule has 0 saturated carbocycles. The number of piperazine rings is 1. The number of hydrogen-bond acceptors (Lipinski definition) is 6. The zero-order valence-electron chi connectivity index (χ0n) is 19.3. The lowest BCUT2D eigenvalue weighted by atomic mass is 10.1. The largest absolute Gasteiger partial charge is 0.352 e. The third kappa shape index (κ3) is 4.51. The zero-order chi connectivity index (χ0) is 23.8. The zero-order valence-corrected chi connectivity index (χ0v) is 20.8. The Balaban J connectivity index is 1.49. The van der Waals surface area contributed by atoms with Crippen LogP contribution < -0.4 is 14.7 Å². The first-order chi connectivity index (χ1) is 16.4. The van der Waals surface area contributed by atoms with Gasteiger partial charge in [0, 0.05) is 56.1 Å². The molecule has 5 rings (SSSR count). The second-order valence-corrected chi connectivity index (χ2v) is 9.84. The average Bonchev–Trinajstić information content (AvgIpc) is 3.26. The van der Waals surface area contributed by atoms with E-state index in [4.69, 9.17) is 33.2 Å². The highest BCUT2D eigenvalue weighted by Gasteiger charge is 2.29. The highest BCUT2D eigenvalue weighted by atomic mass is 35.5. The van der Waals surface area contributed by atoms with E-state index in [1.807, 2.05) is 18.2 Å². The van der Waals surface area contributed by atoms with E-state index in [9.17, 15) is 4.39 Å². The van der Waals surface area contributed by atoms with Gasteiger partial charge in [0.25, 0.3) is 0 Å². The van der Waals surface area contributed by atoms with Crippen LogP contribution in [0.3, 0.4) is 0 Å². The van der Waals surface area contributed by atoms with Crippen LogP contribution in [0.2, 0.25) is 10.0 Å². The van der Waals surface area contributed by atoms with Crippen molar-refractivity contribution >= 4 is 40.8 Å². The normalized spacial score (nSPS) is 20.8. The van der Waals surface area contributed by atoms with Crippen LogP contribution in [0, 0.1) is 5.82 Å². The maximum atomic E-state index is 14.3. The Morgan fingerprint density at radius 1 is 0.941 bits per heavy atom. The number of benzene rings is 1. The first kappa shape index (κ1) is 23.1. The van der Waals surface area contributed by atoms with Crippen molar-refractivity contribution in [1.29, 1.82) is 0 Å². The van der Waals surface area contributed by atoms with Crippen molar-refractivity contribution < 1.29 is 4.39 Å². The monoisotopic (exact) mass is 500 g/mol. The highest BCUT2D eigenvalue weighted by Crippen LogP contribution is 2.32. The Bertz CT molecular complexity index is 1190. The molecule has 2 saturated heterocycles. The molecule has 0 aliphatic carbocycles. The summed E-state index contributed by atoms with van der Waals surface area (Å²) in [7, 11) is 0. The van der Waals surface area contributed by atoms with Crippen molar-refractivity contribution in [2.45, 2.75) is 38.8 Å². The molecule has 2 atom stereocenters. The Morgan fingerprint density at radius 3 is 2.50 bits per heavy atom. The lowest BCUT2D eigenvalue weighted by Crippen LogP contribution is -2.52. The molecular weight excluding hydrogens is 474 g/mol. The van der Waals surface area contributed by atoms with E-state index in [1.54, 1.807) is 18.3 Å². The fourth-order valence-corrected chi connectivity index (χ4v) is 5.19. The first-order valence-corrected chi connectivity index (χ1v) is 12.4. The van der Waals surface area contributed by atoms with E-state index in [0.717, 1.165) is 50.7 Å². The maximum absolute atomic E-state index is 14.3. The summed E-state index contributed by atoms with van der Waals surface area (Å²) in [5.41, 5.74) is 1.38. The van der Waals surface area contributed by atoms with Gasteiger partial charge in [-0.3, -0.25) is 0 Å². The first-order valence-electron chi connectivity index (χ1n) is 11.6. The molecular formula is C25H27Cl2FN6. The molecule has 178 valence electrons. The third-order valence-electron chi connectivity index (χ3n) is 6.69. The molecule has 0 bridgehead atoms. The fourth-order valence-electron chi connectivity index (χ4n) is 4.83. The lowest BCUT2D eigenvalue weighted by Gasteiger charge is -2.41. The van der Waals surface area contributed by atoms with Gasteiger partial charge in [-0.15, -0.1) is 0 Å². The lowest BCUT2D eigenvalue weighted by molar-refractivity contribution is 0.542. The number of anilines is 3. The Morgan fingerprint density at radius 2 is 1.79 bits per heavy atom. The number of halogens is 3. The van der Waals surface area contributed by atoms with Gasteiger partial charge in [-0.25, -0.2) is 14.4 Å². The molecule has 2 fully saturated rings. The standard InChI is InChI=1S/C25H27Cl2FN6/c1-16-5-4-10-34(16)25-30-22(18-7-8-19(26)21(28)13-18)14-23(31-25)33-12-11-32(15-17(33)2)24-20(27)6-3-9-29-24/h3,6-9,13-14,16-17H,4-5,10-12,15H2,1-2H3. The minimum absolute atomic E-state index is 0.101. The fraction of sp³-hybridized carbons (Fsp3) is 0.400. The summed E-state index contributed by atoms with van der Waals surface area (Å²) in [5, 5.41) is 0.756. The van der Waals surface area contributed by atoms with Gasteiger partial charge in [-0.05, 0) is 51.0 Å². The van der Waals surface area contributed by atoms with Gasteiger partial charge < -0.3 is 14.7 Å². The molecule has 9 heteroatoms. The van der Waals surface area contributed by atoms with E-state index in [-0.39, 0.29) is 11.1 Å². The van der Waals surface area contributed by atoms with Crippen LogP contribution >= 0.6 is 23.2 Å². The van der Waals surface area contributed by atoms with Crippen molar-refractivity contribution in [3.05, 3.63) is 58.5 Å². The Hall–Kier alpha value is -2.64. The topological polar surface area (TPSA) is 48.4 Å². The molecule has 0 spiro atoms. The van der Waals surface area contributed by atoms with Crippen molar-refractivity contribution in [1.82, 2.24) is 15.0 Å². The number of nitrogens with zero attached hydrogens (tertiary/aromatic N) is 6. The number of aromatic nitrogens is 3. The van der Waals surface area contributed by atoms with E-state index in [2.05, 4.69) is 33.5 Å². The molecule has 4 heterocycles. The van der Waals surface area contributed by atoms with E-state index < -0.39 is 5.82 Å². The summed E-state index contributed by atoms with van der Waals surface area (Å²) in [4.78, 5) is 21.0. The number of pyridine rings is 1. The van der Waals surface area contributed by atoms with Crippen molar-refractivity contribution in [2.75, 3.05) is 40.9 Å². The van der Waals surface area contributed by atoms with Gasteiger partial charge >= 0.3 is 0 Å². The predicted molar refractivity (Wildman–Crippen MR) is 137 cm³/mol. The van der Waals surface area contributed by atoms with Crippen molar-refractivity contribution in [3.63, 3.8) is 0 Å². The molecule has 2 aliphatic rings. The van der Waals surface area contributed by atoms with Crippen LogP contribution in [0.25, 0.3) is 11.3 Å². The van der Waals surface area contributed by atoms with Crippen LogP contribution in [0.1, 0.15) is 26.7 Å². The summed E-state index contributed by atoms with van der Waals surface area (Å²) >= 11 is 12.3. The predicted octanol–water partition coefficient (Wildman–Crippen LogP) is 5.69. The smallest absolute Gasteiger partial charge is 0.228 e.